The van der Waals surface area contributed by atoms with Crippen LogP contribution in [0.1, 0.15) is 159 Å². The number of rotatable bonds is 0. The molecule has 0 atom stereocenters. The number of carbonyl (C=O) groups excluding carboxylic acids is 10. The molecule has 0 heterocycles. The Morgan fingerprint density at radius 3 is 0.200 bits per heavy atom. The number of fused-ring (bicyclic) bond motifs is 10. The Morgan fingerprint density at radius 2 is 0.150 bits per heavy atom. The fraction of sp³-hybridized carbons (Fsp3) is 0. The third-order valence-corrected chi connectivity index (χ3v) is 14.2. The molecule has 15 rings (SSSR count). The van der Waals surface area contributed by atoms with Crippen LogP contribution < -0.4 is 0 Å². The first-order valence-corrected chi connectivity index (χ1v) is 25.3. The molecule has 10 aromatic carbocycles. The van der Waals surface area contributed by atoms with E-state index in [1.54, 1.807) is 243 Å². The van der Waals surface area contributed by atoms with E-state index in [2.05, 4.69) is 0 Å². The minimum atomic E-state index is -0.0641. The van der Waals surface area contributed by atoms with Gasteiger partial charge in [-0.3, -0.25) is 47.9 Å². The maximum absolute atomic E-state index is 12.1. The lowest BCUT2D eigenvalue weighted by atomic mass is 9.84. The maximum atomic E-state index is 12.1. The Kier molecular flexibility index (Phi) is 13.7. The zero-order chi connectivity index (χ0) is 55.6. The molecular weight excluding hydrogens is 1000 g/mol. The highest BCUT2D eigenvalue weighted by molar-refractivity contribution is 6.31. The van der Waals surface area contributed by atoms with Gasteiger partial charge in [0.15, 0.2) is 57.8 Å². The van der Waals surface area contributed by atoms with Gasteiger partial charge in [-0.15, -0.1) is 0 Å². The molecule has 0 fully saturated rings. The number of benzene rings is 10. The summed E-state index contributed by atoms with van der Waals surface area (Å²) in [6.07, 6.45) is 0. The van der Waals surface area contributed by atoms with Crippen LogP contribution in [0.15, 0.2) is 243 Å². The summed E-state index contributed by atoms with van der Waals surface area (Å²) in [5.74, 6) is -0.641. The second kappa shape index (κ2) is 21.5. The number of hydrogen-bond donors (Lipinski definition) is 0. The normalized spacial score (nSPS) is 13.2. The summed E-state index contributed by atoms with van der Waals surface area (Å²) in [7, 11) is 0. The summed E-state index contributed by atoms with van der Waals surface area (Å²) in [6.45, 7) is 0. The van der Waals surface area contributed by atoms with E-state index in [1.807, 2.05) is 0 Å². The van der Waals surface area contributed by atoms with E-state index in [0.29, 0.717) is 111 Å². The van der Waals surface area contributed by atoms with Gasteiger partial charge in [-0.2, -0.15) is 0 Å². The molecule has 5 aliphatic carbocycles. The highest BCUT2D eigenvalue weighted by Crippen LogP contribution is 2.31. The quantitative estimate of drug-likeness (QED) is 0.142. The van der Waals surface area contributed by atoms with Gasteiger partial charge in [-0.05, 0) is 0 Å². The number of carbonyl (C=O) groups is 10. The highest BCUT2D eigenvalue weighted by atomic mass is 16.2. The lowest BCUT2D eigenvalue weighted by Gasteiger charge is -2.16. The second-order valence-electron chi connectivity index (χ2n) is 18.7. The average Bonchev–Trinajstić information content (AvgIpc) is 3.59. The molecule has 80 heavy (non-hydrogen) atoms. The van der Waals surface area contributed by atoms with E-state index >= 15 is 0 Å². The molecule has 0 unspecified atom stereocenters. The van der Waals surface area contributed by atoms with Crippen molar-refractivity contribution in [2.75, 3.05) is 0 Å². The van der Waals surface area contributed by atoms with Crippen molar-refractivity contribution in [1.82, 2.24) is 0 Å². The van der Waals surface area contributed by atoms with Crippen molar-refractivity contribution in [3.05, 3.63) is 354 Å². The minimum absolute atomic E-state index is 0.0641. The first kappa shape index (κ1) is 51.0. The van der Waals surface area contributed by atoms with Crippen LogP contribution in [0.3, 0.4) is 0 Å². The van der Waals surface area contributed by atoms with E-state index < -0.39 is 0 Å². The summed E-state index contributed by atoms with van der Waals surface area (Å²) in [5.41, 5.74) is 10.1. The summed E-state index contributed by atoms with van der Waals surface area (Å²) in [6, 6.07) is 69.5. The van der Waals surface area contributed by atoms with Gasteiger partial charge < -0.3 is 0 Å². The largest absolute Gasteiger partial charge is 0.289 e. The SMILES string of the molecule is O=C1c2ccccc2C(=O)c2ccccc21.O=C1c2ccccc2C(=O)c2ccccc21.O=C1c2ccccc2C(=O)c2ccccc21.O=C1c2ccccc2C(=O)c2ccccc21.O=C1c2ccccc2C(=O)c2ccccc21. The molecule has 5 aliphatic rings. The van der Waals surface area contributed by atoms with Crippen LogP contribution >= 0.6 is 0 Å². The van der Waals surface area contributed by atoms with Crippen LogP contribution in [-0.2, 0) is 0 Å². The highest BCUT2D eigenvalue weighted by Gasteiger charge is 2.33. The molecule has 0 saturated heterocycles. The van der Waals surface area contributed by atoms with Gasteiger partial charge in [0.1, 0.15) is 0 Å². The van der Waals surface area contributed by atoms with Crippen molar-refractivity contribution in [2.24, 2.45) is 0 Å². The molecule has 380 valence electrons. The predicted octanol–water partition coefficient (Wildman–Crippen LogP) is 12.3. The Morgan fingerprint density at radius 1 is 0.100 bits per heavy atom. The smallest absolute Gasteiger partial charge is 0.194 e. The van der Waals surface area contributed by atoms with Crippen LogP contribution in [0.5, 0.6) is 0 Å². The molecule has 0 saturated carbocycles. The van der Waals surface area contributed by atoms with Gasteiger partial charge in [0.2, 0.25) is 0 Å². The molecule has 10 aromatic rings. The number of hydrogen-bond acceptors (Lipinski definition) is 10. The lowest BCUT2D eigenvalue weighted by molar-refractivity contribution is 0.0979. The van der Waals surface area contributed by atoms with Gasteiger partial charge in [-0.25, -0.2) is 0 Å². The molecule has 0 radical (unpaired) electrons. The summed E-state index contributed by atoms with van der Waals surface area (Å²) >= 11 is 0. The van der Waals surface area contributed by atoms with Gasteiger partial charge in [-0.1, -0.05) is 243 Å². The van der Waals surface area contributed by atoms with Gasteiger partial charge >= 0.3 is 0 Å². The van der Waals surface area contributed by atoms with Crippen molar-refractivity contribution in [2.45, 2.75) is 0 Å². The third kappa shape index (κ3) is 9.08. The van der Waals surface area contributed by atoms with Crippen LogP contribution in [0.4, 0.5) is 0 Å². The Hall–Kier alpha value is -11.1. The first-order valence-electron chi connectivity index (χ1n) is 25.3. The lowest BCUT2D eigenvalue weighted by Crippen LogP contribution is -2.20. The molecule has 0 bridgehead atoms. The molecule has 0 amide bonds. The van der Waals surface area contributed by atoms with Crippen molar-refractivity contribution in [3.8, 4) is 0 Å². The molecule has 10 nitrogen and oxygen atoms in total. The number of ketones is 10. The van der Waals surface area contributed by atoms with E-state index in [1.165, 1.54) is 0 Å². The van der Waals surface area contributed by atoms with Crippen LogP contribution in [-0.4, -0.2) is 57.8 Å². The van der Waals surface area contributed by atoms with Crippen molar-refractivity contribution < 1.29 is 47.9 Å². The molecular formula is C70H40O10. The summed E-state index contributed by atoms with van der Waals surface area (Å²) in [4.78, 5) is 121. The maximum Gasteiger partial charge on any atom is 0.194 e. The fourth-order valence-corrected chi connectivity index (χ4v) is 10.2. The zero-order valence-corrected chi connectivity index (χ0v) is 42.2. The zero-order valence-electron chi connectivity index (χ0n) is 42.2. The topological polar surface area (TPSA) is 171 Å². The fourth-order valence-electron chi connectivity index (χ4n) is 10.2. The Labute approximate surface area is 457 Å². The van der Waals surface area contributed by atoms with Crippen LogP contribution in [0.25, 0.3) is 0 Å². The summed E-state index contributed by atoms with van der Waals surface area (Å²) in [5, 5.41) is 0. The van der Waals surface area contributed by atoms with Gasteiger partial charge in [0, 0.05) is 111 Å². The van der Waals surface area contributed by atoms with E-state index in [9.17, 15) is 47.9 Å². The van der Waals surface area contributed by atoms with E-state index in [4.69, 9.17) is 0 Å². The van der Waals surface area contributed by atoms with Crippen LogP contribution in [0, 0.1) is 0 Å². The molecule has 0 aliphatic heterocycles. The standard InChI is InChI=1S/5C14H8O2/c5*15-13-9-5-1-2-6-10(9)14(16)12-8-4-3-7-11(12)13/h5*1-8H. The van der Waals surface area contributed by atoms with E-state index in [0.717, 1.165) is 0 Å². The average molecular weight is 1040 g/mol. The summed E-state index contributed by atoms with van der Waals surface area (Å²) < 4.78 is 0. The van der Waals surface area contributed by atoms with Crippen molar-refractivity contribution in [1.29, 1.82) is 0 Å². The third-order valence-electron chi connectivity index (χ3n) is 14.2. The Balaban J connectivity index is 0.000000105. The van der Waals surface area contributed by atoms with Crippen molar-refractivity contribution >= 4 is 57.8 Å². The molecule has 0 spiro atoms. The minimum Gasteiger partial charge on any atom is -0.289 e. The molecule has 10 heteroatoms. The Bertz CT molecular complexity index is 3180. The predicted molar refractivity (Wildman–Crippen MR) is 299 cm³/mol. The van der Waals surface area contributed by atoms with Gasteiger partial charge in [0.05, 0.1) is 0 Å². The van der Waals surface area contributed by atoms with Gasteiger partial charge in [0.25, 0.3) is 0 Å². The second-order valence-corrected chi connectivity index (χ2v) is 18.7. The van der Waals surface area contributed by atoms with Crippen LogP contribution in [0.2, 0.25) is 0 Å². The molecule has 0 aromatic heterocycles. The first-order chi connectivity index (χ1) is 38.9. The molecule has 0 N–H and O–H groups in total. The van der Waals surface area contributed by atoms with E-state index in [-0.39, 0.29) is 57.8 Å². The monoisotopic (exact) mass is 1040 g/mol. The van der Waals surface area contributed by atoms with Crippen molar-refractivity contribution in [3.63, 3.8) is 0 Å².